The van der Waals surface area contributed by atoms with Gasteiger partial charge in [0.15, 0.2) is 0 Å². The number of methoxy groups -OCH3 is 1. The van der Waals surface area contributed by atoms with Crippen LogP contribution in [0.5, 0.6) is 0 Å². The van der Waals surface area contributed by atoms with Gasteiger partial charge in [0.05, 0.1) is 17.6 Å². The second-order valence-corrected chi connectivity index (χ2v) is 3.90. The van der Waals surface area contributed by atoms with Crippen molar-refractivity contribution in [3.05, 3.63) is 33.7 Å². The molecular weight excluding hydrogens is 256 g/mol. The number of aromatic nitrogens is 1. The lowest BCUT2D eigenvalue weighted by Gasteiger charge is -1.98. The van der Waals surface area contributed by atoms with Crippen LogP contribution < -0.4 is 0 Å². The molecular formula is C10H6Cl2FNO2. The minimum absolute atomic E-state index is 0.102. The fourth-order valence-electron chi connectivity index (χ4n) is 1.41. The zero-order valence-corrected chi connectivity index (χ0v) is 9.62. The average Bonchev–Trinajstić information content (AvgIpc) is 2.70. The third-order valence-corrected chi connectivity index (χ3v) is 2.85. The van der Waals surface area contributed by atoms with Crippen LogP contribution in [0.4, 0.5) is 4.39 Å². The molecule has 0 saturated carbocycles. The molecule has 3 nitrogen and oxygen atoms in total. The lowest BCUT2D eigenvalue weighted by atomic mass is 10.2. The van der Waals surface area contributed by atoms with Gasteiger partial charge in [0, 0.05) is 5.39 Å². The van der Waals surface area contributed by atoms with Gasteiger partial charge < -0.3 is 9.72 Å². The standard InChI is InChI=1S/C10H6Cl2FNO2/c1-16-10(15)7-2-4-5(11)3-6(13)8(12)9(4)14-7/h2-3,14H,1H3. The highest BCUT2D eigenvalue weighted by Gasteiger charge is 2.16. The molecule has 0 aliphatic carbocycles. The summed E-state index contributed by atoms with van der Waals surface area (Å²) in [5, 5.41) is 0.561. The second kappa shape index (κ2) is 3.96. The Balaban J connectivity index is 2.74. The van der Waals surface area contributed by atoms with Gasteiger partial charge in [-0.15, -0.1) is 0 Å². The molecule has 0 bridgehead atoms. The molecule has 1 aromatic carbocycles. The van der Waals surface area contributed by atoms with Crippen molar-refractivity contribution in [2.45, 2.75) is 0 Å². The van der Waals surface area contributed by atoms with E-state index in [-0.39, 0.29) is 21.3 Å². The number of H-pyrrole nitrogens is 1. The monoisotopic (exact) mass is 261 g/mol. The number of aromatic amines is 1. The maximum absolute atomic E-state index is 13.2. The summed E-state index contributed by atoms with van der Waals surface area (Å²) >= 11 is 11.6. The first kappa shape index (κ1) is 11.2. The summed E-state index contributed by atoms with van der Waals surface area (Å²) in [6, 6.07) is 2.57. The van der Waals surface area contributed by atoms with Gasteiger partial charge in [-0.25, -0.2) is 9.18 Å². The van der Waals surface area contributed by atoms with Crippen LogP contribution in [0.3, 0.4) is 0 Å². The maximum atomic E-state index is 13.2. The summed E-state index contributed by atoms with van der Waals surface area (Å²) in [7, 11) is 1.25. The first-order chi connectivity index (χ1) is 7.54. The summed E-state index contributed by atoms with van der Waals surface area (Å²) in [4.78, 5) is 13.9. The van der Waals surface area contributed by atoms with Gasteiger partial charge in [-0.1, -0.05) is 23.2 Å². The van der Waals surface area contributed by atoms with Crippen LogP contribution in [-0.2, 0) is 4.74 Å². The normalized spacial score (nSPS) is 10.8. The van der Waals surface area contributed by atoms with E-state index in [1.807, 2.05) is 0 Å². The Kier molecular flexibility index (Phi) is 2.78. The number of fused-ring (bicyclic) bond motifs is 1. The Morgan fingerprint density at radius 1 is 1.44 bits per heavy atom. The molecule has 0 aliphatic rings. The minimum atomic E-state index is -0.641. The number of halogens is 3. The van der Waals surface area contributed by atoms with Crippen LogP contribution in [-0.4, -0.2) is 18.1 Å². The quantitative estimate of drug-likeness (QED) is 0.632. The van der Waals surface area contributed by atoms with Crippen LogP contribution in [0.1, 0.15) is 10.5 Å². The van der Waals surface area contributed by atoms with Gasteiger partial charge in [0.1, 0.15) is 16.5 Å². The van der Waals surface area contributed by atoms with E-state index in [9.17, 15) is 9.18 Å². The summed E-state index contributed by atoms with van der Waals surface area (Å²) in [5.41, 5.74) is 0.457. The van der Waals surface area contributed by atoms with E-state index >= 15 is 0 Å². The molecule has 0 spiro atoms. The van der Waals surface area contributed by atoms with Gasteiger partial charge in [0.25, 0.3) is 0 Å². The van der Waals surface area contributed by atoms with Crippen LogP contribution in [0.25, 0.3) is 10.9 Å². The van der Waals surface area contributed by atoms with Crippen LogP contribution in [0.2, 0.25) is 10.0 Å². The number of carbonyl (C=O) groups excluding carboxylic acids is 1. The summed E-state index contributed by atoms with van der Waals surface area (Å²) in [6.07, 6.45) is 0. The van der Waals surface area contributed by atoms with Gasteiger partial charge in [-0.05, 0) is 12.1 Å². The number of benzene rings is 1. The molecule has 0 amide bonds. The number of hydrogen-bond acceptors (Lipinski definition) is 2. The van der Waals surface area contributed by atoms with Crippen molar-refractivity contribution in [3.63, 3.8) is 0 Å². The van der Waals surface area contributed by atoms with E-state index < -0.39 is 11.8 Å². The fourth-order valence-corrected chi connectivity index (χ4v) is 1.86. The third kappa shape index (κ3) is 1.64. The first-order valence-corrected chi connectivity index (χ1v) is 5.04. The molecule has 2 aromatic rings. The van der Waals surface area contributed by atoms with E-state index in [2.05, 4.69) is 9.72 Å². The molecule has 0 unspecified atom stereocenters. The van der Waals surface area contributed by atoms with Crippen LogP contribution in [0.15, 0.2) is 12.1 Å². The molecule has 1 heterocycles. The van der Waals surface area contributed by atoms with Gasteiger partial charge in [0.2, 0.25) is 0 Å². The molecule has 16 heavy (non-hydrogen) atoms. The molecule has 0 aliphatic heterocycles. The van der Waals surface area contributed by atoms with Gasteiger partial charge in [-0.2, -0.15) is 0 Å². The number of carbonyl (C=O) groups is 1. The third-order valence-electron chi connectivity index (χ3n) is 2.16. The predicted octanol–water partition coefficient (Wildman–Crippen LogP) is 3.40. The van der Waals surface area contributed by atoms with Crippen molar-refractivity contribution >= 4 is 40.1 Å². The van der Waals surface area contributed by atoms with Crippen molar-refractivity contribution in [2.24, 2.45) is 0 Å². The van der Waals surface area contributed by atoms with E-state index in [1.165, 1.54) is 13.2 Å². The predicted molar refractivity (Wildman–Crippen MR) is 59.6 cm³/mol. The Hall–Kier alpha value is -1.26. The molecule has 0 fully saturated rings. The van der Waals surface area contributed by atoms with Crippen molar-refractivity contribution in [1.29, 1.82) is 0 Å². The fraction of sp³-hybridized carbons (Fsp3) is 0.100. The van der Waals surface area contributed by atoms with Gasteiger partial charge >= 0.3 is 5.97 Å². The number of ether oxygens (including phenoxy) is 1. The average molecular weight is 262 g/mol. The Bertz CT molecular complexity index is 580. The Morgan fingerprint density at radius 2 is 2.12 bits per heavy atom. The SMILES string of the molecule is COC(=O)c1cc2c(Cl)cc(F)c(Cl)c2[nH]1. The smallest absolute Gasteiger partial charge is 0.354 e. The molecule has 2 rings (SSSR count). The molecule has 84 valence electrons. The maximum Gasteiger partial charge on any atom is 0.354 e. The molecule has 0 saturated heterocycles. The highest BCUT2D eigenvalue weighted by Crippen LogP contribution is 2.32. The van der Waals surface area contributed by atoms with E-state index in [1.54, 1.807) is 0 Å². The first-order valence-electron chi connectivity index (χ1n) is 4.29. The molecule has 6 heteroatoms. The van der Waals surface area contributed by atoms with Gasteiger partial charge in [-0.3, -0.25) is 0 Å². The van der Waals surface area contributed by atoms with E-state index in [4.69, 9.17) is 23.2 Å². The minimum Gasteiger partial charge on any atom is -0.464 e. The van der Waals surface area contributed by atoms with Crippen molar-refractivity contribution in [3.8, 4) is 0 Å². The van der Waals surface area contributed by atoms with E-state index in [0.29, 0.717) is 5.39 Å². The van der Waals surface area contributed by atoms with Crippen molar-refractivity contribution in [1.82, 2.24) is 4.98 Å². The zero-order chi connectivity index (χ0) is 11.9. The summed E-state index contributed by atoms with van der Waals surface area (Å²) < 4.78 is 17.8. The highest BCUT2D eigenvalue weighted by molar-refractivity contribution is 6.40. The zero-order valence-electron chi connectivity index (χ0n) is 8.11. The number of rotatable bonds is 1. The second-order valence-electron chi connectivity index (χ2n) is 3.12. The number of esters is 1. The lowest BCUT2D eigenvalue weighted by molar-refractivity contribution is 0.0595. The molecule has 1 N–H and O–H groups in total. The van der Waals surface area contributed by atoms with Crippen LogP contribution >= 0.6 is 23.2 Å². The molecule has 0 radical (unpaired) electrons. The highest BCUT2D eigenvalue weighted by atomic mass is 35.5. The Labute approximate surface area is 100 Å². The summed E-state index contributed by atoms with van der Waals surface area (Å²) in [6.45, 7) is 0. The van der Waals surface area contributed by atoms with E-state index in [0.717, 1.165) is 6.07 Å². The molecule has 0 atom stereocenters. The Morgan fingerprint density at radius 3 is 2.75 bits per heavy atom. The lowest BCUT2D eigenvalue weighted by Crippen LogP contribution is -2.00. The summed E-state index contributed by atoms with van der Waals surface area (Å²) in [5.74, 6) is -1.21. The van der Waals surface area contributed by atoms with Crippen molar-refractivity contribution < 1.29 is 13.9 Å². The largest absolute Gasteiger partial charge is 0.464 e. The van der Waals surface area contributed by atoms with Crippen LogP contribution in [0, 0.1) is 5.82 Å². The molecule has 1 aromatic heterocycles. The number of nitrogens with one attached hydrogen (secondary N) is 1. The van der Waals surface area contributed by atoms with Crippen molar-refractivity contribution in [2.75, 3.05) is 7.11 Å². The number of hydrogen-bond donors (Lipinski definition) is 1. The topological polar surface area (TPSA) is 42.1 Å².